The second-order valence-corrected chi connectivity index (χ2v) is 5.58. The molecule has 2 N–H and O–H groups in total. The third-order valence-electron chi connectivity index (χ3n) is 3.45. The highest BCUT2D eigenvalue weighted by molar-refractivity contribution is 6.31. The molecule has 0 saturated carbocycles. The number of aromatic amines is 1. The topological polar surface area (TPSA) is 88.1 Å². The number of halogens is 1. The molecule has 0 unspecified atom stereocenters. The molecule has 0 aliphatic heterocycles. The largest absolute Gasteiger partial charge is 0.493 e. The number of benzene rings is 1. The minimum atomic E-state index is -0.276. The summed E-state index contributed by atoms with van der Waals surface area (Å²) in [6.07, 6.45) is 1.50. The van der Waals surface area contributed by atoms with Crippen molar-refractivity contribution in [2.24, 2.45) is 0 Å². The van der Waals surface area contributed by atoms with Gasteiger partial charge in [0, 0.05) is 28.4 Å². The van der Waals surface area contributed by atoms with Crippen molar-refractivity contribution in [2.45, 2.75) is 13.5 Å². The van der Waals surface area contributed by atoms with Crippen molar-refractivity contribution >= 4 is 11.6 Å². The van der Waals surface area contributed by atoms with E-state index in [4.69, 9.17) is 16.3 Å². The molecule has 0 bridgehead atoms. The Balaban J connectivity index is 1.97. The lowest BCUT2D eigenvalue weighted by Crippen LogP contribution is -2.09. The highest BCUT2D eigenvalue weighted by atomic mass is 35.5. The number of ether oxygens (including phenoxy) is 1. The van der Waals surface area contributed by atoms with E-state index in [9.17, 15) is 9.90 Å². The summed E-state index contributed by atoms with van der Waals surface area (Å²) in [4.78, 5) is 14.9. The van der Waals surface area contributed by atoms with E-state index in [1.807, 2.05) is 6.92 Å². The van der Waals surface area contributed by atoms with Crippen molar-refractivity contribution in [2.75, 3.05) is 0 Å². The molecule has 0 amide bonds. The van der Waals surface area contributed by atoms with Crippen molar-refractivity contribution in [3.8, 4) is 22.8 Å². The molecule has 7 heteroatoms. The maximum Gasteiger partial charge on any atom is 0.264 e. The van der Waals surface area contributed by atoms with E-state index in [1.165, 1.54) is 12.3 Å². The SMILES string of the molecule is Cc1cc(OCc2ccc(=O)[nH]n2)c(-c2cccnc2O)cc1Cl. The van der Waals surface area contributed by atoms with Crippen LogP contribution in [-0.4, -0.2) is 20.3 Å². The van der Waals surface area contributed by atoms with Crippen molar-refractivity contribution in [1.82, 2.24) is 15.2 Å². The van der Waals surface area contributed by atoms with Crippen LogP contribution in [0.5, 0.6) is 11.6 Å². The van der Waals surface area contributed by atoms with Gasteiger partial charge in [-0.3, -0.25) is 4.79 Å². The second kappa shape index (κ2) is 6.72. The Kier molecular flexibility index (Phi) is 4.48. The van der Waals surface area contributed by atoms with Crippen LogP contribution in [0.25, 0.3) is 11.1 Å². The number of pyridine rings is 1. The van der Waals surface area contributed by atoms with Gasteiger partial charge in [-0.2, -0.15) is 5.10 Å². The summed E-state index contributed by atoms with van der Waals surface area (Å²) in [7, 11) is 0. The average molecular weight is 344 g/mol. The van der Waals surface area contributed by atoms with E-state index in [0.717, 1.165) is 5.56 Å². The first-order chi connectivity index (χ1) is 11.5. The fraction of sp³-hybridized carbons (Fsp3) is 0.118. The lowest BCUT2D eigenvalue weighted by atomic mass is 10.0. The number of nitrogens with one attached hydrogen (secondary N) is 1. The quantitative estimate of drug-likeness (QED) is 0.760. The molecule has 6 nitrogen and oxygen atoms in total. The molecule has 0 fully saturated rings. The van der Waals surface area contributed by atoms with Gasteiger partial charge in [0.15, 0.2) is 0 Å². The molecular weight excluding hydrogens is 330 g/mol. The van der Waals surface area contributed by atoms with Gasteiger partial charge in [0.2, 0.25) is 5.88 Å². The van der Waals surface area contributed by atoms with Crippen molar-refractivity contribution in [1.29, 1.82) is 0 Å². The van der Waals surface area contributed by atoms with Crippen LogP contribution in [0, 0.1) is 6.92 Å². The van der Waals surface area contributed by atoms with Gasteiger partial charge >= 0.3 is 0 Å². The molecule has 3 rings (SSSR count). The summed E-state index contributed by atoms with van der Waals surface area (Å²) in [6, 6.07) is 9.93. The maximum absolute atomic E-state index is 11.0. The first-order valence-electron chi connectivity index (χ1n) is 7.16. The summed E-state index contributed by atoms with van der Waals surface area (Å²) in [5.74, 6) is 0.428. The fourth-order valence-corrected chi connectivity index (χ4v) is 2.36. The third-order valence-corrected chi connectivity index (χ3v) is 3.86. The Morgan fingerprint density at radius 3 is 2.79 bits per heavy atom. The monoisotopic (exact) mass is 343 g/mol. The minimum Gasteiger partial charge on any atom is -0.493 e. The zero-order chi connectivity index (χ0) is 17.1. The number of H-pyrrole nitrogens is 1. The highest BCUT2D eigenvalue weighted by Gasteiger charge is 2.14. The Morgan fingerprint density at radius 2 is 2.08 bits per heavy atom. The number of nitrogens with zero attached hydrogens (tertiary/aromatic N) is 2. The van der Waals surface area contributed by atoms with Gasteiger partial charge in [0.1, 0.15) is 12.4 Å². The fourth-order valence-electron chi connectivity index (χ4n) is 2.20. The standard InChI is InChI=1S/C17H14ClN3O3/c1-10-7-15(24-9-11-4-5-16(22)21-20-11)13(8-14(10)18)12-3-2-6-19-17(12)23/h2-8H,9H2,1H3,(H,19,23)(H,21,22). The Labute approximate surface area is 142 Å². The second-order valence-electron chi connectivity index (χ2n) is 5.17. The van der Waals surface area contributed by atoms with Crippen LogP contribution >= 0.6 is 11.6 Å². The Morgan fingerprint density at radius 1 is 1.25 bits per heavy atom. The normalized spacial score (nSPS) is 10.6. The van der Waals surface area contributed by atoms with E-state index in [-0.39, 0.29) is 18.0 Å². The van der Waals surface area contributed by atoms with E-state index in [2.05, 4.69) is 15.2 Å². The predicted molar refractivity (Wildman–Crippen MR) is 90.3 cm³/mol. The molecule has 2 aromatic heterocycles. The van der Waals surface area contributed by atoms with Gasteiger partial charge < -0.3 is 9.84 Å². The number of aromatic nitrogens is 3. The molecule has 0 saturated heterocycles. The molecule has 122 valence electrons. The van der Waals surface area contributed by atoms with Crippen LogP contribution in [-0.2, 0) is 6.61 Å². The number of hydrogen-bond donors (Lipinski definition) is 2. The molecule has 0 spiro atoms. The smallest absolute Gasteiger partial charge is 0.264 e. The van der Waals surface area contributed by atoms with Crippen LogP contribution in [0.4, 0.5) is 0 Å². The molecular formula is C17H14ClN3O3. The Bertz CT molecular complexity index is 920. The lowest BCUT2D eigenvalue weighted by Gasteiger charge is -2.14. The summed E-state index contributed by atoms with van der Waals surface area (Å²) < 4.78 is 5.83. The molecule has 24 heavy (non-hydrogen) atoms. The Hall–Kier alpha value is -2.86. The molecule has 3 aromatic rings. The molecule has 0 radical (unpaired) electrons. The highest BCUT2D eigenvalue weighted by Crippen LogP contribution is 2.38. The van der Waals surface area contributed by atoms with Crippen LogP contribution in [0.15, 0.2) is 47.4 Å². The van der Waals surface area contributed by atoms with Gasteiger partial charge in [-0.1, -0.05) is 11.6 Å². The average Bonchev–Trinajstić information content (AvgIpc) is 2.58. The number of rotatable bonds is 4. The van der Waals surface area contributed by atoms with Crippen LogP contribution < -0.4 is 10.3 Å². The zero-order valence-electron chi connectivity index (χ0n) is 12.8. The van der Waals surface area contributed by atoms with Gasteiger partial charge in [-0.25, -0.2) is 10.1 Å². The van der Waals surface area contributed by atoms with Crippen molar-refractivity contribution in [3.63, 3.8) is 0 Å². The molecule has 2 heterocycles. The first kappa shape index (κ1) is 16.0. The summed E-state index contributed by atoms with van der Waals surface area (Å²) in [6.45, 7) is 2.02. The van der Waals surface area contributed by atoms with Crippen LogP contribution in [0.1, 0.15) is 11.3 Å². The van der Waals surface area contributed by atoms with Gasteiger partial charge in [-0.05, 0) is 42.8 Å². The zero-order valence-corrected chi connectivity index (χ0v) is 13.5. The third kappa shape index (κ3) is 3.38. The summed E-state index contributed by atoms with van der Waals surface area (Å²) in [5.41, 5.74) is 2.28. The summed E-state index contributed by atoms with van der Waals surface area (Å²) >= 11 is 6.21. The van der Waals surface area contributed by atoms with Crippen LogP contribution in [0.3, 0.4) is 0 Å². The number of aromatic hydroxyl groups is 1. The predicted octanol–water partition coefficient (Wildman–Crippen LogP) is 3.08. The van der Waals surface area contributed by atoms with E-state index in [0.29, 0.717) is 27.6 Å². The van der Waals surface area contributed by atoms with E-state index in [1.54, 1.807) is 30.3 Å². The lowest BCUT2D eigenvalue weighted by molar-refractivity contribution is 0.300. The number of aryl methyl sites for hydroxylation is 1. The maximum atomic E-state index is 11.0. The van der Waals surface area contributed by atoms with Crippen LogP contribution in [0.2, 0.25) is 5.02 Å². The first-order valence-corrected chi connectivity index (χ1v) is 7.54. The molecule has 0 atom stereocenters. The molecule has 0 aliphatic carbocycles. The van der Waals surface area contributed by atoms with Gasteiger partial charge in [0.05, 0.1) is 5.69 Å². The van der Waals surface area contributed by atoms with E-state index >= 15 is 0 Å². The van der Waals surface area contributed by atoms with Gasteiger partial charge in [-0.15, -0.1) is 0 Å². The van der Waals surface area contributed by atoms with E-state index < -0.39 is 0 Å². The van der Waals surface area contributed by atoms with Crippen molar-refractivity contribution < 1.29 is 9.84 Å². The van der Waals surface area contributed by atoms with Gasteiger partial charge in [0.25, 0.3) is 5.56 Å². The van der Waals surface area contributed by atoms with Crippen molar-refractivity contribution in [3.05, 3.63) is 69.2 Å². The number of hydrogen-bond acceptors (Lipinski definition) is 5. The molecule has 1 aromatic carbocycles. The minimum absolute atomic E-state index is 0.107. The molecule has 0 aliphatic rings. The summed E-state index contributed by atoms with van der Waals surface area (Å²) in [5, 5.41) is 16.8.